The molecule has 1 atom stereocenters. The number of benzene rings is 1. The normalized spacial score (nSPS) is 22.0. The van der Waals surface area contributed by atoms with E-state index in [-0.39, 0.29) is 12.0 Å². The first kappa shape index (κ1) is 17.2. The van der Waals surface area contributed by atoms with E-state index in [0.29, 0.717) is 25.7 Å². The number of rotatable bonds is 6. The van der Waals surface area contributed by atoms with Crippen LogP contribution in [-0.4, -0.2) is 79.6 Å². The summed E-state index contributed by atoms with van der Waals surface area (Å²) in [5, 5.41) is 0. The number of aryl methyl sites for hydroxylation is 1. The van der Waals surface area contributed by atoms with Crippen molar-refractivity contribution in [2.24, 2.45) is 0 Å². The number of hydrogen-bond acceptors (Lipinski definition) is 4. The maximum atomic E-state index is 12.4. The summed E-state index contributed by atoms with van der Waals surface area (Å²) < 4.78 is 6.06. The van der Waals surface area contributed by atoms with Gasteiger partial charge >= 0.3 is 0 Å². The Bertz CT molecular complexity index is 569. The van der Waals surface area contributed by atoms with Crippen LogP contribution < -0.4 is 4.74 Å². The average molecular weight is 331 g/mol. The lowest BCUT2D eigenvalue weighted by Crippen LogP contribution is -2.58. The number of ether oxygens (including phenoxy) is 1. The van der Waals surface area contributed by atoms with E-state index in [1.165, 1.54) is 5.56 Å². The average Bonchev–Trinajstić information content (AvgIpc) is 2.99. The van der Waals surface area contributed by atoms with E-state index in [2.05, 4.69) is 36.9 Å². The number of likely N-dealkylation sites (N-methyl/N-ethyl adjacent to an activating group) is 1. The van der Waals surface area contributed by atoms with Crippen molar-refractivity contribution in [3.8, 4) is 5.75 Å². The fraction of sp³-hybridized carbons (Fsp3) is 0.632. The zero-order valence-corrected chi connectivity index (χ0v) is 15.1. The van der Waals surface area contributed by atoms with Gasteiger partial charge in [0.15, 0.2) is 0 Å². The molecule has 1 amide bonds. The van der Waals surface area contributed by atoms with Gasteiger partial charge in [0.2, 0.25) is 5.91 Å². The first-order valence-corrected chi connectivity index (χ1v) is 8.98. The Labute approximate surface area is 145 Å². The fourth-order valence-corrected chi connectivity index (χ4v) is 3.48. The van der Waals surface area contributed by atoms with Crippen molar-refractivity contribution in [3.05, 3.63) is 29.8 Å². The highest BCUT2D eigenvalue weighted by Crippen LogP contribution is 2.23. The molecule has 5 heteroatoms. The minimum atomic E-state index is 0.134. The SMILES string of the molecule is CCc1ccccc1OC1CN(C(=O)CN2CC[C@@H](N(C)C)C2)C1. The molecular weight excluding hydrogens is 302 g/mol. The van der Waals surface area contributed by atoms with E-state index in [0.717, 1.165) is 31.7 Å². The van der Waals surface area contributed by atoms with Crippen LogP contribution in [0.25, 0.3) is 0 Å². The lowest BCUT2D eigenvalue weighted by atomic mass is 10.1. The Hall–Kier alpha value is -1.59. The highest BCUT2D eigenvalue weighted by Gasteiger charge is 2.34. The molecule has 2 aliphatic rings. The van der Waals surface area contributed by atoms with Crippen LogP contribution in [0.2, 0.25) is 0 Å². The Kier molecular flexibility index (Phi) is 5.41. The Morgan fingerprint density at radius 3 is 2.67 bits per heavy atom. The van der Waals surface area contributed by atoms with Gasteiger partial charge in [0, 0.05) is 19.1 Å². The van der Waals surface area contributed by atoms with Crippen LogP contribution >= 0.6 is 0 Å². The second kappa shape index (κ2) is 7.53. The predicted molar refractivity (Wildman–Crippen MR) is 95.3 cm³/mol. The number of likely N-dealkylation sites (tertiary alicyclic amines) is 2. The van der Waals surface area contributed by atoms with Gasteiger partial charge in [-0.05, 0) is 38.6 Å². The van der Waals surface area contributed by atoms with E-state index in [1.807, 2.05) is 23.1 Å². The molecule has 1 aromatic carbocycles. The van der Waals surface area contributed by atoms with Gasteiger partial charge < -0.3 is 14.5 Å². The summed E-state index contributed by atoms with van der Waals surface area (Å²) in [5.41, 5.74) is 1.23. The number of nitrogens with zero attached hydrogens (tertiary/aromatic N) is 3. The van der Waals surface area contributed by atoms with Crippen molar-refractivity contribution >= 4 is 5.91 Å². The van der Waals surface area contributed by atoms with Gasteiger partial charge in [-0.3, -0.25) is 9.69 Å². The van der Waals surface area contributed by atoms with Crippen LogP contribution in [0.4, 0.5) is 0 Å². The van der Waals surface area contributed by atoms with E-state index < -0.39 is 0 Å². The van der Waals surface area contributed by atoms with E-state index >= 15 is 0 Å². The summed E-state index contributed by atoms with van der Waals surface area (Å²) in [7, 11) is 4.23. The quantitative estimate of drug-likeness (QED) is 0.791. The third-order valence-corrected chi connectivity index (χ3v) is 5.18. The Balaban J connectivity index is 1.42. The van der Waals surface area contributed by atoms with Crippen LogP contribution in [-0.2, 0) is 11.2 Å². The molecular formula is C19H29N3O2. The maximum absolute atomic E-state index is 12.4. The highest BCUT2D eigenvalue weighted by atomic mass is 16.5. The molecule has 0 unspecified atom stereocenters. The van der Waals surface area contributed by atoms with Gasteiger partial charge in [0.05, 0.1) is 19.6 Å². The number of hydrogen-bond donors (Lipinski definition) is 0. The van der Waals surface area contributed by atoms with Gasteiger partial charge in [0.1, 0.15) is 11.9 Å². The van der Waals surface area contributed by atoms with Crippen LogP contribution in [0, 0.1) is 0 Å². The summed E-state index contributed by atoms with van der Waals surface area (Å²) in [4.78, 5) is 18.8. The van der Waals surface area contributed by atoms with Crippen LogP contribution in [0.15, 0.2) is 24.3 Å². The molecule has 0 N–H and O–H groups in total. The molecule has 2 aliphatic heterocycles. The molecule has 0 bridgehead atoms. The summed E-state index contributed by atoms with van der Waals surface area (Å²) in [6, 6.07) is 8.75. The molecule has 24 heavy (non-hydrogen) atoms. The molecule has 0 radical (unpaired) electrons. The fourth-order valence-electron chi connectivity index (χ4n) is 3.48. The second-order valence-corrected chi connectivity index (χ2v) is 7.14. The van der Waals surface area contributed by atoms with Crippen molar-refractivity contribution in [1.29, 1.82) is 0 Å². The third-order valence-electron chi connectivity index (χ3n) is 5.18. The zero-order chi connectivity index (χ0) is 17.1. The summed E-state index contributed by atoms with van der Waals surface area (Å²) in [6.45, 7) is 6.12. The van der Waals surface area contributed by atoms with Gasteiger partial charge in [-0.1, -0.05) is 25.1 Å². The molecule has 1 aromatic rings. The molecule has 0 spiro atoms. The Morgan fingerprint density at radius 1 is 1.25 bits per heavy atom. The molecule has 0 aromatic heterocycles. The molecule has 3 rings (SSSR count). The molecule has 2 heterocycles. The lowest BCUT2D eigenvalue weighted by Gasteiger charge is -2.40. The highest BCUT2D eigenvalue weighted by molar-refractivity contribution is 5.79. The van der Waals surface area contributed by atoms with Gasteiger partial charge in [-0.25, -0.2) is 0 Å². The van der Waals surface area contributed by atoms with Crippen molar-refractivity contribution in [3.63, 3.8) is 0 Å². The number of carbonyl (C=O) groups excluding carboxylic acids is 1. The molecule has 2 saturated heterocycles. The molecule has 5 nitrogen and oxygen atoms in total. The van der Waals surface area contributed by atoms with E-state index in [9.17, 15) is 4.79 Å². The predicted octanol–water partition coefficient (Wildman–Crippen LogP) is 1.47. The molecule has 0 aliphatic carbocycles. The standard InChI is InChI=1S/C19H29N3O2/c1-4-15-7-5-6-8-18(15)24-17-12-22(13-17)19(23)14-21-10-9-16(11-21)20(2)3/h5-8,16-17H,4,9-14H2,1-3H3/t16-/m1/s1. The van der Waals surface area contributed by atoms with Crippen molar-refractivity contribution in [2.75, 3.05) is 46.8 Å². The van der Waals surface area contributed by atoms with Crippen LogP contribution in [0.5, 0.6) is 5.75 Å². The van der Waals surface area contributed by atoms with Crippen molar-refractivity contribution in [2.45, 2.75) is 31.9 Å². The first-order valence-electron chi connectivity index (χ1n) is 8.98. The Morgan fingerprint density at radius 2 is 2.00 bits per heavy atom. The molecule has 2 fully saturated rings. The minimum Gasteiger partial charge on any atom is -0.486 e. The first-order chi connectivity index (χ1) is 11.6. The minimum absolute atomic E-state index is 0.134. The van der Waals surface area contributed by atoms with E-state index in [4.69, 9.17) is 4.74 Å². The summed E-state index contributed by atoms with van der Waals surface area (Å²) in [6.07, 6.45) is 2.25. The van der Waals surface area contributed by atoms with Gasteiger partial charge in [-0.15, -0.1) is 0 Å². The molecule has 132 valence electrons. The topological polar surface area (TPSA) is 36.0 Å². The number of amides is 1. The monoisotopic (exact) mass is 331 g/mol. The maximum Gasteiger partial charge on any atom is 0.237 e. The van der Waals surface area contributed by atoms with Crippen molar-refractivity contribution < 1.29 is 9.53 Å². The van der Waals surface area contributed by atoms with Gasteiger partial charge in [-0.2, -0.15) is 0 Å². The van der Waals surface area contributed by atoms with E-state index in [1.54, 1.807) is 0 Å². The van der Waals surface area contributed by atoms with Crippen LogP contribution in [0.1, 0.15) is 18.9 Å². The van der Waals surface area contributed by atoms with Gasteiger partial charge in [0.25, 0.3) is 0 Å². The summed E-state index contributed by atoms with van der Waals surface area (Å²) >= 11 is 0. The lowest BCUT2D eigenvalue weighted by molar-refractivity contribution is -0.141. The number of para-hydroxylation sites is 1. The van der Waals surface area contributed by atoms with Crippen molar-refractivity contribution in [1.82, 2.24) is 14.7 Å². The smallest absolute Gasteiger partial charge is 0.237 e. The molecule has 0 saturated carbocycles. The van der Waals surface area contributed by atoms with Crippen LogP contribution in [0.3, 0.4) is 0 Å². The zero-order valence-electron chi connectivity index (χ0n) is 15.1. The third kappa shape index (κ3) is 3.90. The number of carbonyl (C=O) groups is 1. The summed E-state index contributed by atoms with van der Waals surface area (Å²) in [5.74, 6) is 1.20. The largest absolute Gasteiger partial charge is 0.486 e. The second-order valence-electron chi connectivity index (χ2n) is 7.14.